The average Bonchev–Trinajstić information content (AvgIpc) is 3.14. The molecule has 0 bridgehead atoms. The minimum absolute atomic E-state index is 0.113. The second-order valence-corrected chi connectivity index (χ2v) is 6.80. The van der Waals surface area contributed by atoms with Gasteiger partial charge in [0.1, 0.15) is 12.1 Å². The van der Waals surface area contributed by atoms with Crippen molar-refractivity contribution in [3.05, 3.63) is 71.8 Å². The van der Waals surface area contributed by atoms with Crippen LogP contribution in [0.3, 0.4) is 0 Å². The largest absolute Gasteiger partial charge is 0.448 e. The molecule has 2 aromatic heterocycles. The van der Waals surface area contributed by atoms with Crippen molar-refractivity contribution in [3.8, 4) is 11.3 Å². The van der Waals surface area contributed by atoms with E-state index < -0.39 is 0 Å². The molecule has 0 aliphatic carbocycles. The third kappa shape index (κ3) is 3.74. The lowest BCUT2D eigenvalue weighted by Crippen LogP contribution is -2.39. The Kier molecular flexibility index (Phi) is 4.71. The SMILES string of the molecule is Cc1nc(C(=O)N2CCC[C@@H](c3cccc(-c4cccc(F)c4)n3)C2)co1. The standard InChI is InChI=1S/C21H20FN3O2/c1-14-23-20(13-27-14)21(26)25-10-4-6-16(12-25)19-9-3-8-18(24-19)15-5-2-7-17(22)11-15/h2-3,5,7-9,11,13,16H,4,6,10,12H2,1H3/t16-/m1/s1. The van der Waals surface area contributed by atoms with Crippen LogP contribution in [-0.4, -0.2) is 33.9 Å². The Morgan fingerprint density at radius 3 is 2.85 bits per heavy atom. The molecule has 0 radical (unpaired) electrons. The topological polar surface area (TPSA) is 59.2 Å². The third-order valence-corrected chi connectivity index (χ3v) is 4.86. The van der Waals surface area contributed by atoms with Crippen LogP contribution in [0, 0.1) is 12.7 Å². The van der Waals surface area contributed by atoms with E-state index in [-0.39, 0.29) is 17.6 Å². The van der Waals surface area contributed by atoms with Crippen LogP contribution >= 0.6 is 0 Å². The highest BCUT2D eigenvalue weighted by Gasteiger charge is 2.27. The van der Waals surface area contributed by atoms with Gasteiger partial charge in [-0.25, -0.2) is 9.37 Å². The highest BCUT2D eigenvalue weighted by molar-refractivity contribution is 5.92. The van der Waals surface area contributed by atoms with Crippen molar-refractivity contribution in [2.45, 2.75) is 25.7 Å². The Morgan fingerprint density at radius 1 is 1.22 bits per heavy atom. The number of aromatic nitrogens is 2. The van der Waals surface area contributed by atoms with Crippen molar-refractivity contribution in [3.63, 3.8) is 0 Å². The molecular weight excluding hydrogens is 345 g/mol. The van der Waals surface area contributed by atoms with Crippen LogP contribution in [0.1, 0.15) is 40.8 Å². The van der Waals surface area contributed by atoms with Gasteiger partial charge in [0, 0.05) is 37.2 Å². The molecule has 1 aliphatic rings. The fourth-order valence-corrected chi connectivity index (χ4v) is 3.51. The normalized spacial score (nSPS) is 17.1. The van der Waals surface area contributed by atoms with Gasteiger partial charge >= 0.3 is 0 Å². The molecule has 1 amide bonds. The van der Waals surface area contributed by atoms with E-state index >= 15 is 0 Å². The lowest BCUT2D eigenvalue weighted by molar-refractivity contribution is 0.0700. The molecule has 1 saturated heterocycles. The Hall–Kier alpha value is -3.02. The van der Waals surface area contributed by atoms with Gasteiger partial charge in [-0.1, -0.05) is 18.2 Å². The number of benzene rings is 1. The first-order chi connectivity index (χ1) is 13.1. The quantitative estimate of drug-likeness (QED) is 0.698. The summed E-state index contributed by atoms with van der Waals surface area (Å²) in [5.41, 5.74) is 2.75. The first kappa shape index (κ1) is 17.4. The van der Waals surface area contributed by atoms with E-state index in [2.05, 4.69) is 4.98 Å². The number of aryl methyl sites for hydroxylation is 1. The fraction of sp³-hybridized carbons (Fsp3) is 0.286. The van der Waals surface area contributed by atoms with Crippen LogP contribution in [0.5, 0.6) is 0 Å². The fourth-order valence-electron chi connectivity index (χ4n) is 3.51. The van der Waals surface area contributed by atoms with Crippen LogP contribution < -0.4 is 0 Å². The van der Waals surface area contributed by atoms with Crippen molar-refractivity contribution in [1.29, 1.82) is 0 Å². The van der Waals surface area contributed by atoms with Gasteiger partial charge < -0.3 is 9.32 Å². The molecule has 1 aliphatic heterocycles. The van der Waals surface area contributed by atoms with Gasteiger partial charge in [0.05, 0.1) is 5.69 Å². The van der Waals surface area contributed by atoms with Gasteiger partial charge in [0.15, 0.2) is 11.6 Å². The highest BCUT2D eigenvalue weighted by Crippen LogP contribution is 2.28. The maximum Gasteiger partial charge on any atom is 0.275 e. The van der Waals surface area contributed by atoms with Crippen molar-refractivity contribution in [2.75, 3.05) is 13.1 Å². The second-order valence-electron chi connectivity index (χ2n) is 6.80. The molecule has 1 atom stereocenters. The second kappa shape index (κ2) is 7.31. The maximum absolute atomic E-state index is 13.5. The van der Waals surface area contributed by atoms with Crippen LogP contribution in [0.15, 0.2) is 53.1 Å². The first-order valence-corrected chi connectivity index (χ1v) is 9.04. The summed E-state index contributed by atoms with van der Waals surface area (Å²) in [5, 5.41) is 0. The van der Waals surface area contributed by atoms with E-state index in [1.807, 2.05) is 29.2 Å². The summed E-state index contributed by atoms with van der Waals surface area (Å²) in [4.78, 5) is 23.3. The Bertz CT molecular complexity index is 969. The lowest BCUT2D eigenvalue weighted by atomic mass is 9.93. The van der Waals surface area contributed by atoms with E-state index in [9.17, 15) is 9.18 Å². The van der Waals surface area contributed by atoms with Crippen LogP contribution in [-0.2, 0) is 0 Å². The molecule has 0 spiro atoms. The number of oxazole rings is 1. The number of halogens is 1. The zero-order valence-corrected chi connectivity index (χ0v) is 15.1. The minimum atomic E-state index is -0.281. The molecular formula is C21H20FN3O2. The Labute approximate surface area is 156 Å². The number of hydrogen-bond acceptors (Lipinski definition) is 4. The predicted octanol–water partition coefficient (Wildman–Crippen LogP) is 4.20. The van der Waals surface area contributed by atoms with Gasteiger partial charge in [-0.05, 0) is 37.1 Å². The number of nitrogens with zero attached hydrogens (tertiary/aromatic N) is 3. The van der Waals surface area contributed by atoms with Crippen LogP contribution in [0.4, 0.5) is 4.39 Å². The molecule has 138 valence electrons. The zero-order chi connectivity index (χ0) is 18.8. The number of amides is 1. The third-order valence-electron chi connectivity index (χ3n) is 4.86. The summed E-state index contributed by atoms with van der Waals surface area (Å²) < 4.78 is 18.7. The number of rotatable bonds is 3. The van der Waals surface area contributed by atoms with Gasteiger partial charge in [0.25, 0.3) is 5.91 Å². The number of piperidine rings is 1. The monoisotopic (exact) mass is 365 g/mol. The zero-order valence-electron chi connectivity index (χ0n) is 15.1. The molecule has 0 saturated carbocycles. The highest BCUT2D eigenvalue weighted by atomic mass is 19.1. The lowest BCUT2D eigenvalue weighted by Gasteiger charge is -2.32. The van der Waals surface area contributed by atoms with E-state index in [1.54, 1.807) is 13.0 Å². The molecule has 4 rings (SSSR count). The van der Waals surface area contributed by atoms with Crippen molar-refractivity contribution in [2.24, 2.45) is 0 Å². The van der Waals surface area contributed by atoms with Crippen molar-refractivity contribution in [1.82, 2.24) is 14.9 Å². The van der Waals surface area contributed by atoms with Crippen molar-refractivity contribution < 1.29 is 13.6 Å². The molecule has 0 N–H and O–H groups in total. The molecule has 5 nitrogen and oxygen atoms in total. The Balaban J connectivity index is 1.55. The van der Waals surface area contributed by atoms with Crippen LogP contribution in [0.25, 0.3) is 11.3 Å². The summed E-state index contributed by atoms with van der Waals surface area (Å²) in [7, 11) is 0. The smallest absolute Gasteiger partial charge is 0.275 e. The molecule has 1 aromatic carbocycles. The summed E-state index contributed by atoms with van der Waals surface area (Å²) in [6.45, 7) is 3.01. The van der Waals surface area contributed by atoms with Gasteiger partial charge in [0.2, 0.25) is 0 Å². The molecule has 1 fully saturated rings. The van der Waals surface area contributed by atoms with Gasteiger partial charge in [-0.2, -0.15) is 0 Å². The van der Waals surface area contributed by atoms with Crippen molar-refractivity contribution >= 4 is 5.91 Å². The summed E-state index contributed by atoms with van der Waals surface area (Å²) >= 11 is 0. The molecule has 6 heteroatoms. The maximum atomic E-state index is 13.5. The molecule has 27 heavy (non-hydrogen) atoms. The van der Waals surface area contributed by atoms with Gasteiger partial charge in [-0.15, -0.1) is 0 Å². The van der Waals surface area contributed by atoms with Gasteiger partial charge in [-0.3, -0.25) is 9.78 Å². The number of pyridine rings is 1. The summed E-state index contributed by atoms with van der Waals surface area (Å²) in [6, 6.07) is 12.2. The first-order valence-electron chi connectivity index (χ1n) is 9.04. The average molecular weight is 365 g/mol. The number of carbonyl (C=O) groups excluding carboxylic acids is 1. The van der Waals surface area contributed by atoms with E-state index in [4.69, 9.17) is 9.40 Å². The molecule has 0 unspecified atom stereocenters. The summed E-state index contributed by atoms with van der Waals surface area (Å²) in [5.74, 6) is 0.232. The van der Waals surface area contributed by atoms with E-state index in [1.165, 1.54) is 18.4 Å². The number of carbonyl (C=O) groups is 1. The summed E-state index contributed by atoms with van der Waals surface area (Å²) in [6.07, 6.45) is 3.27. The number of hydrogen-bond donors (Lipinski definition) is 0. The van der Waals surface area contributed by atoms with E-state index in [0.29, 0.717) is 24.7 Å². The van der Waals surface area contributed by atoms with Crippen LogP contribution in [0.2, 0.25) is 0 Å². The number of likely N-dealkylation sites (tertiary alicyclic amines) is 1. The molecule has 3 aromatic rings. The Morgan fingerprint density at radius 2 is 2.07 bits per heavy atom. The van der Waals surface area contributed by atoms with E-state index in [0.717, 1.165) is 29.8 Å². The molecule has 3 heterocycles. The minimum Gasteiger partial charge on any atom is -0.448 e. The predicted molar refractivity (Wildman–Crippen MR) is 98.7 cm³/mol.